The molecule has 0 atom stereocenters. The third-order valence-corrected chi connectivity index (χ3v) is 2.40. The molecule has 0 aliphatic rings. The molecule has 0 fully saturated rings. The van der Waals surface area contributed by atoms with Crippen LogP contribution in [0, 0.1) is 20.2 Å². The van der Waals surface area contributed by atoms with Crippen LogP contribution in [0.15, 0.2) is 18.2 Å². The SMILES string of the molecule is O=C(OCCCC(F)(F)F)c1cc([N+](=O)[O-])cc([N+](=O)[O-])c1. The number of halogens is 3. The molecular formula is C11H9F3N2O6. The average Bonchev–Trinajstić information content (AvgIpc) is 2.41. The highest BCUT2D eigenvalue weighted by molar-refractivity contribution is 5.91. The highest BCUT2D eigenvalue weighted by atomic mass is 19.4. The van der Waals surface area contributed by atoms with Crippen LogP contribution in [0.4, 0.5) is 24.5 Å². The second-order valence-electron chi connectivity index (χ2n) is 4.11. The van der Waals surface area contributed by atoms with Crippen molar-refractivity contribution in [1.29, 1.82) is 0 Å². The van der Waals surface area contributed by atoms with Crippen LogP contribution < -0.4 is 0 Å². The van der Waals surface area contributed by atoms with Gasteiger partial charge in [-0.3, -0.25) is 20.2 Å². The van der Waals surface area contributed by atoms with Gasteiger partial charge in [0, 0.05) is 18.6 Å². The summed E-state index contributed by atoms with van der Waals surface area (Å²) in [5.41, 5.74) is -1.87. The Morgan fingerprint density at radius 1 is 1.09 bits per heavy atom. The van der Waals surface area contributed by atoms with Crippen LogP contribution >= 0.6 is 0 Å². The van der Waals surface area contributed by atoms with Crippen molar-refractivity contribution in [2.24, 2.45) is 0 Å². The molecule has 0 spiro atoms. The monoisotopic (exact) mass is 322 g/mol. The first-order valence-electron chi connectivity index (χ1n) is 5.78. The van der Waals surface area contributed by atoms with Gasteiger partial charge < -0.3 is 4.74 Å². The molecule has 0 bridgehead atoms. The maximum Gasteiger partial charge on any atom is 0.389 e. The van der Waals surface area contributed by atoms with Crippen LogP contribution in [0.3, 0.4) is 0 Å². The number of hydrogen-bond donors (Lipinski definition) is 0. The first kappa shape index (κ1) is 17.3. The number of alkyl halides is 3. The minimum atomic E-state index is -4.39. The van der Waals surface area contributed by atoms with Crippen molar-refractivity contribution >= 4 is 17.3 Å². The third-order valence-electron chi connectivity index (χ3n) is 2.40. The average molecular weight is 322 g/mol. The van der Waals surface area contributed by atoms with Gasteiger partial charge in [-0.2, -0.15) is 13.2 Å². The van der Waals surface area contributed by atoms with E-state index in [1.165, 1.54) is 0 Å². The van der Waals surface area contributed by atoms with Crippen molar-refractivity contribution in [3.8, 4) is 0 Å². The van der Waals surface area contributed by atoms with Gasteiger partial charge in [0.25, 0.3) is 11.4 Å². The van der Waals surface area contributed by atoms with E-state index in [1.54, 1.807) is 0 Å². The first-order valence-corrected chi connectivity index (χ1v) is 5.78. The van der Waals surface area contributed by atoms with E-state index in [2.05, 4.69) is 4.74 Å². The quantitative estimate of drug-likeness (QED) is 0.344. The second kappa shape index (κ2) is 6.83. The van der Waals surface area contributed by atoms with Crippen LogP contribution in [-0.4, -0.2) is 28.6 Å². The number of nitrogens with zero attached hydrogens (tertiary/aromatic N) is 2. The van der Waals surface area contributed by atoms with E-state index in [-0.39, 0.29) is 0 Å². The van der Waals surface area contributed by atoms with Gasteiger partial charge in [-0.15, -0.1) is 0 Å². The van der Waals surface area contributed by atoms with E-state index in [0.717, 1.165) is 12.1 Å². The predicted octanol–water partition coefficient (Wildman–Crippen LogP) is 3.00. The minimum absolute atomic E-state index is 0.479. The van der Waals surface area contributed by atoms with Crippen molar-refractivity contribution in [2.45, 2.75) is 19.0 Å². The van der Waals surface area contributed by atoms with Crippen molar-refractivity contribution < 1.29 is 32.5 Å². The van der Waals surface area contributed by atoms with E-state index in [4.69, 9.17) is 0 Å². The van der Waals surface area contributed by atoms with Gasteiger partial charge in [0.2, 0.25) is 0 Å². The van der Waals surface area contributed by atoms with E-state index in [9.17, 15) is 38.2 Å². The number of benzene rings is 1. The number of carbonyl (C=O) groups is 1. The summed E-state index contributed by atoms with van der Waals surface area (Å²) >= 11 is 0. The lowest BCUT2D eigenvalue weighted by Crippen LogP contribution is -2.12. The predicted molar refractivity (Wildman–Crippen MR) is 65.3 cm³/mol. The molecule has 0 aliphatic heterocycles. The second-order valence-corrected chi connectivity index (χ2v) is 4.11. The zero-order chi connectivity index (χ0) is 16.9. The van der Waals surface area contributed by atoms with Gasteiger partial charge in [0.1, 0.15) is 0 Å². The number of esters is 1. The molecule has 8 nitrogen and oxygen atoms in total. The molecule has 1 rings (SSSR count). The number of rotatable bonds is 6. The van der Waals surface area contributed by atoms with Gasteiger partial charge in [0.05, 0.1) is 28.1 Å². The normalized spacial score (nSPS) is 11.0. The highest BCUT2D eigenvalue weighted by Gasteiger charge is 2.26. The summed E-state index contributed by atoms with van der Waals surface area (Å²) in [5, 5.41) is 21.3. The zero-order valence-corrected chi connectivity index (χ0v) is 10.8. The summed E-state index contributed by atoms with van der Waals surface area (Å²) in [4.78, 5) is 31.0. The Morgan fingerprint density at radius 3 is 2.00 bits per heavy atom. The summed E-state index contributed by atoms with van der Waals surface area (Å²) in [6, 6.07) is 2.15. The Kier molecular flexibility index (Phi) is 5.38. The zero-order valence-electron chi connectivity index (χ0n) is 10.8. The number of hydrogen-bond acceptors (Lipinski definition) is 6. The molecule has 1 aromatic rings. The van der Waals surface area contributed by atoms with Crippen LogP contribution in [0.5, 0.6) is 0 Å². The summed E-state index contributed by atoms with van der Waals surface area (Å²) in [6.45, 7) is -0.561. The van der Waals surface area contributed by atoms with E-state index < -0.39 is 58.4 Å². The number of non-ortho nitro benzene ring substituents is 2. The molecule has 0 amide bonds. The molecule has 120 valence electrons. The summed E-state index contributed by atoms with van der Waals surface area (Å²) in [7, 11) is 0. The fourth-order valence-electron chi connectivity index (χ4n) is 1.44. The molecule has 0 saturated carbocycles. The fourth-order valence-corrected chi connectivity index (χ4v) is 1.44. The lowest BCUT2D eigenvalue weighted by molar-refractivity contribution is -0.394. The van der Waals surface area contributed by atoms with E-state index in [0.29, 0.717) is 6.07 Å². The molecule has 22 heavy (non-hydrogen) atoms. The molecule has 11 heteroatoms. The van der Waals surface area contributed by atoms with Crippen LogP contribution in [0.25, 0.3) is 0 Å². The van der Waals surface area contributed by atoms with Crippen LogP contribution in [-0.2, 0) is 4.74 Å². The topological polar surface area (TPSA) is 113 Å². The molecule has 0 N–H and O–H groups in total. The van der Waals surface area contributed by atoms with Crippen molar-refractivity contribution in [2.75, 3.05) is 6.61 Å². The molecule has 1 aromatic carbocycles. The Hall–Kier alpha value is -2.72. The van der Waals surface area contributed by atoms with Crippen LogP contribution in [0.1, 0.15) is 23.2 Å². The number of nitro benzene ring substituents is 2. The van der Waals surface area contributed by atoms with Crippen molar-refractivity contribution in [1.82, 2.24) is 0 Å². The maximum atomic E-state index is 11.9. The van der Waals surface area contributed by atoms with Gasteiger partial charge >= 0.3 is 12.1 Å². The Bertz CT molecular complexity index is 570. The molecule has 0 unspecified atom stereocenters. The molecule has 0 radical (unpaired) electrons. The van der Waals surface area contributed by atoms with Gasteiger partial charge in [0.15, 0.2) is 0 Å². The summed E-state index contributed by atoms with van der Waals surface area (Å²) < 4.78 is 40.2. The smallest absolute Gasteiger partial charge is 0.389 e. The van der Waals surface area contributed by atoms with E-state index in [1.807, 2.05) is 0 Å². The maximum absolute atomic E-state index is 11.9. The minimum Gasteiger partial charge on any atom is -0.462 e. The van der Waals surface area contributed by atoms with Crippen molar-refractivity contribution in [3.63, 3.8) is 0 Å². The van der Waals surface area contributed by atoms with E-state index >= 15 is 0 Å². The largest absolute Gasteiger partial charge is 0.462 e. The van der Waals surface area contributed by atoms with Crippen molar-refractivity contribution in [3.05, 3.63) is 44.0 Å². The fraction of sp³-hybridized carbons (Fsp3) is 0.364. The molecule has 0 aliphatic carbocycles. The Morgan fingerprint density at radius 2 is 1.59 bits per heavy atom. The molecule has 0 saturated heterocycles. The summed E-state index contributed by atoms with van der Waals surface area (Å²) in [5.74, 6) is -1.17. The third kappa shape index (κ3) is 5.34. The molecule has 0 heterocycles. The number of carbonyl (C=O) groups excluding carboxylic acids is 1. The Labute approximate surface area is 120 Å². The standard InChI is InChI=1S/C11H9F3N2O6/c12-11(13,14)2-1-3-22-10(17)7-4-8(15(18)19)6-9(5-7)16(20)21/h4-6H,1-3H2. The lowest BCUT2D eigenvalue weighted by atomic mass is 10.2. The van der Waals surface area contributed by atoms with Gasteiger partial charge in [-0.25, -0.2) is 4.79 Å². The lowest BCUT2D eigenvalue weighted by Gasteiger charge is -2.07. The number of nitro groups is 2. The van der Waals surface area contributed by atoms with Gasteiger partial charge in [-0.1, -0.05) is 0 Å². The molecule has 0 aromatic heterocycles. The van der Waals surface area contributed by atoms with Crippen LogP contribution in [0.2, 0.25) is 0 Å². The Balaban J connectivity index is 2.80. The molecular weight excluding hydrogens is 313 g/mol. The summed E-state index contributed by atoms with van der Waals surface area (Å²) in [6.07, 6.45) is -6.03. The number of ether oxygens (including phenoxy) is 1. The van der Waals surface area contributed by atoms with Gasteiger partial charge in [-0.05, 0) is 6.42 Å². The highest BCUT2D eigenvalue weighted by Crippen LogP contribution is 2.24. The first-order chi connectivity index (χ1) is 10.1.